The zero-order valence-corrected chi connectivity index (χ0v) is 11.9. The molecule has 0 amide bonds. The number of ether oxygens (including phenoxy) is 1. The Kier molecular flexibility index (Phi) is 10.0. The summed E-state index contributed by atoms with van der Waals surface area (Å²) >= 11 is 0. The molecule has 2 heteroatoms. The summed E-state index contributed by atoms with van der Waals surface area (Å²) in [4.78, 5) is 0. The van der Waals surface area contributed by atoms with Gasteiger partial charge in [-0.2, -0.15) is 0 Å². The maximum Gasteiger partial charge on any atom is 0.0488 e. The molecule has 0 aromatic rings. The van der Waals surface area contributed by atoms with E-state index in [9.17, 15) is 0 Å². The lowest BCUT2D eigenvalue weighted by Gasteiger charge is -2.25. The fourth-order valence-corrected chi connectivity index (χ4v) is 2.41. The molecule has 0 aliphatic carbocycles. The summed E-state index contributed by atoms with van der Waals surface area (Å²) in [7, 11) is 1.79. The molecular weight excluding hydrogens is 198 g/mol. The van der Waals surface area contributed by atoms with Gasteiger partial charge in [0.25, 0.3) is 0 Å². The summed E-state index contributed by atoms with van der Waals surface area (Å²) < 4.78 is 5.21. The van der Waals surface area contributed by atoms with E-state index in [-0.39, 0.29) is 0 Å². The van der Waals surface area contributed by atoms with E-state index in [4.69, 9.17) is 4.74 Å². The van der Waals surface area contributed by atoms with Gasteiger partial charge in [-0.25, -0.2) is 0 Å². The average Bonchev–Trinajstić information content (AvgIpc) is 2.26. The predicted octanol–water partition coefficient (Wildman–Crippen LogP) is 3.46. The Hall–Kier alpha value is -0.0800. The van der Waals surface area contributed by atoms with Gasteiger partial charge in [0, 0.05) is 19.8 Å². The van der Waals surface area contributed by atoms with Crippen molar-refractivity contribution in [2.75, 3.05) is 20.3 Å². The van der Waals surface area contributed by atoms with Crippen molar-refractivity contribution in [2.24, 2.45) is 11.8 Å². The fraction of sp³-hybridized carbons (Fsp3) is 1.00. The first-order chi connectivity index (χ1) is 7.67. The van der Waals surface area contributed by atoms with E-state index in [2.05, 4.69) is 33.0 Å². The summed E-state index contributed by atoms with van der Waals surface area (Å²) in [5.41, 5.74) is 0. The molecule has 0 rings (SSSR count). The van der Waals surface area contributed by atoms with Gasteiger partial charge in [-0.05, 0) is 31.2 Å². The van der Waals surface area contributed by atoms with Gasteiger partial charge in [-0.15, -0.1) is 0 Å². The van der Waals surface area contributed by atoms with Gasteiger partial charge in [0.2, 0.25) is 0 Å². The van der Waals surface area contributed by atoms with Crippen LogP contribution in [0.3, 0.4) is 0 Å². The monoisotopic (exact) mass is 229 g/mol. The van der Waals surface area contributed by atoms with Crippen molar-refractivity contribution in [3.63, 3.8) is 0 Å². The van der Waals surface area contributed by atoms with Crippen LogP contribution in [0.4, 0.5) is 0 Å². The van der Waals surface area contributed by atoms with Crippen molar-refractivity contribution < 1.29 is 4.74 Å². The molecule has 0 aromatic carbocycles. The third-order valence-corrected chi connectivity index (χ3v) is 3.40. The van der Waals surface area contributed by atoms with Crippen molar-refractivity contribution in [3.05, 3.63) is 0 Å². The second kappa shape index (κ2) is 10.1. The Bertz CT molecular complexity index is 146. The molecule has 0 aromatic heterocycles. The number of methoxy groups -OCH3 is 1. The van der Waals surface area contributed by atoms with Crippen LogP contribution >= 0.6 is 0 Å². The van der Waals surface area contributed by atoms with Crippen LogP contribution in [0.5, 0.6) is 0 Å². The van der Waals surface area contributed by atoms with Crippen molar-refractivity contribution in [3.8, 4) is 0 Å². The summed E-state index contributed by atoms with van der Waals surface area (Å²) in [6.45, 7) is 11.0. The largest absolute Gasteiger partial charge is 0.384 e. The number of rotatable bonds is 10. The third-order valence-electron chi connectivity index (χ3n) is 3.40. The maximum absolute atomic E-state index is 5.21. The second-order valence-electron chi connectivity index (χ2n) is 4.97. The van der Waals surface area contributed by atoms with E-state index < -0.39 is 0 Å². The van der Waals surface area contributed by atoms with Crippen LogP contribution in [-0.4, -0.2) is 26.3 Å². The third kappa shape index (κ3) is 7.24. The van der Waals surface area contributed by atoms with Gasteiger partial charge >= 0.3 is 0 Å². The molecule has 0 saturated heterocycles. The standard InChI is InChI=1S/C14H31NO/c1-6-13(7-2)10-14(15-8-3)9-12(4)11-16-5/h12-15H,6-11H2,1-5H3. The Morgan fingerprint density at radius 3 is 2.12 bits per heavy atom. The van der Waals surface area contributed by atoms with Crippen LogP contribution < -0.4 is 5.32 Å². The zero-order chi connectivity index (χ0) is 12.4. The smallest absolute Gasteiger partial charge is 0.0488 e. The van der Waals surface area contributed by atoms with Crippen LogP contribution in [0.15, 0.2) is 0 Å². The Labute approximate surface area is 102 Å². The second-order valence-corrected chi connectivity index (χ2v) is 4.97. The number of hydrogen-bond acceptors (Lipinski definition) is 2. The Morgan fingerprint density at radius 1 is 1.06 bits per heavy atom. The van der Waals surface area contributed by atoms with Gasteiger partial charge in [0.15, 0.2) is 0 Å². The van der Waals surface area contributed by atoms with Crippen molar-refractivity contribution in [2.45, 2.75) is 59.4 Å². The fourth-order valence-electron chi connectivity index (χ4n) is 2.41. The normalized spacial score (nSPS) is 15.4. The summed E-state index contributed by atoms with van der Waals surface area (Å²) in [5, 5.41) is 3.62. The van der Waals surface area contributed by atoms with Crippen molar-refractivity contribution >= 4 is 0 Å². The minimum absolute atomic E-state index is 0.656. The van der Waals surface area contributed by atoms with Crippen molar-refractivity contribution in [1.29, 1.82) is 0 Å². The Balaban J connectivity index is 4.04. The SMILES string of the molecule is CCNC(CC(C)COC)CC(CC)CC. The first-order valence-corrected chi connectivity index (χ1v) is 6.90. The van der Waals surface area contributed by atoms with Crippen LogP contribution in [0, 0.1) is 11.8 Å². The minimum Gasteiger partial charge on any atom is -0.384 e. The molecule has 0 bridgehead atoms. The first kappa shape index (κ1) is 15.9. The van der Waals surface area contributed by atoms with E-state index in [0.29, 0.717) is 12.0 Å². The quantitative estimate of drug-likeness (QED) is 0.619. The molecule has 1 N–H and O–H groups in total. The summed E-state index contributed by atoms with van der Waals surface area (Å²) in [6, 6.07) is 0.667. The predicted molar refractivity (Wildman–Crippen MR) is 71.8 cm³/mol. The minimum atomic E-state index is 0.656. The van der Waals surface area contributed by atoms with E-state index in [1.165, 1.54) is 25.7 Å². The number of hydrogen-bond donors (Lipinski definition) is 1. The molecule has 0 aliphatic rings. The lowest BCUT2D eigenvalue weighted by Crippen LogP contribution is -2.33. The highest BCUT2D eigenvalue weighted by atomic mass is 16.5. The summed E-state index contributed by atoms with van der Waals surface area (Å²) in [6.07, 6.45) is 5.15. The molecule has 2 nitrogen and oxygen atoms in total. The topological polar surface area (TPSA) is 21.3 Å². The van der Waals surface area contributed by atoms with Crippen LogP contribution in [0.2, 0.25) is 0 Å². The highest BCUT2D eigenvalue weighted by Gasteiger charge is 2.16. The number of nitrogens with one attached hydrogen (secondary N) is 1. The molecule has 16 heavy (non-hydrogen) atoms. The molecule has 0 spiro atoms. The zero-order valence-electron chi connectivity index (χ0n) is 11.9. The van der Waals surface area contributed by atoms with Gasteiger partial charge in [0.05, 0.1) is 0 Å². The molecule has 0 radical (unpaired) electrons. The van der Waals surface area contributed by atoms with Crippen molar-refractivity contribution in [1.82, 2.24) is 5.32 Å². The molecular formula is C14H31NO. The first-order valence-electron chi connectivity index (χ1n) is 6.90. The average molecular weight is 229 g/mol. The van der Waals surface area contributed by atoms with Gasteiger partial charge < -0.3 is 10.1 Å². The maximum atomic E-state index is 5.21. The molecule has 0 aliphatic heterocycles. The van der Waals surface area contributed by atoms with Gasteiger partial charge in [-0.3, -0.25) is 0 Å². The highest BCUT2D eigenvalue weighted by molar-refractivity contribution is 4.73. The molecule has 2 atom stereocenters. The molecule has 0 fully saturated rings. The summed E-state index contributed by atoms with van der Waals surface area (Å²) in [5.74, 6) is 1.53. The lowest BCUT2D eigenvalue weighted by atomic mass is 9.90. The molecule has 0 saturated carbocycles. The van der Waals surface area contributed by atoms with E-state index >= 15 is 0 Å². The molecule has 98 valence electrons. The van der Waals surface area contributed by atoms with E-state index in [0.717, 1.165) is 19.1 Å². The highest BCUT2D eigenvalue weighted by Crippen LogP contribution is 2.19. The lowest BCUT2D eigenvalue weighted by molar-refractivity contribution is 0.146. The molecule has 0 heterocycles. The van der Waals surface area contributed by atoms with Crippen LogP contribution in [0.25, 0.3) is 0 Å². The van der Waals surface area contributed by atoms with E-state index in [1.807, 2.05) is 0 Å². The van der Waals surface area contributed by atoms with Gasteiger partial charge in [0.1, 0.15) is 0 Å². The van der Waals surface area contributed by atoms with Crippen LogP contribution in [-0.2, 0) is 4.74 Å². The van der Waals surface area contributed by atoms with Gasteiger partial charge in [-0.1, -0.05) is 40.5 Å². The van der Waals surface area contributed by atoms with Crippen LogP contribution in [0.1, 0.15) is 53.4 Å². The molecule has 2 unspecified atom stereocenters. The van der Waals surface area contributed by atoms with E-state index in [1.54, 1.807) is 7.11 Å². The Morgan fingerprint density at radius 2 is 1.69 bits per heavy atom.